The molecule has 0 saturated carbocycles. The van der Waals surface area contributed by atoms with Crippen molar-refractivity contribution in [2.24, 2.45) is 5.10 Å². The minimum atomic E-state index is -0.0639. The average molecular weight is 310 g/mol. The smallest absolute Gasteiger partial charge is 0.254 e. The Balaban J connectivity index is 1.56. The van der Waals surface area contributed by atoms with Crippen molar-refractivity contribution in [3.8, 4) is 0 Å². The van der Waals surface area contributed by atoms with Crippen LogP contribution in [0.25, 0.3) is 10.8 Å². The van der Waals surface area contributed by atoms with Crippen molar-refractivity contribution in [3.05, 3.63) is 48.0 Å². The average Bonchev–Trinajstić information content (AvgIpc) is 2.57. The van der Waals surface area contributed by atoms with E-state index in [1.54, 1.807) is 6.21 Å². The van der Waals surface area contributed by atoms with Gasteiger partial charge in [0.25, 0.3) is 5.91 Å². The quantitative estimate of drug-likeness (QED) is 0.688. The molecule has 1 N–H and O–H groups in total. The fourth-order valence-electron chi connectivity index (χ4n) is 2.78. The van der Waals surface area contributed by atoms with Crippen molar-refractivity contribution in [1.29, 1.82) is 0 Å². The molecule has 0 radical (unpaired) electrons. The second-order valence-corrected chi connectivity index (χ2v) is 5.94. The van der Waals surface area contributed by atoms with Gasteiger partial charge >= 0.3 is 0 Å². The summed E-state index contributed by atoms with van der Waals surface area (Å²) in [5, 5.41) is 6.41. The molecule has 2 aromatic carbocycles. The number of piperazine rings is 1. The lowest BCUT2D eigenvalue weighted by atomic mass is 10.1. The first kappa shape index (κ1) is 15.6. The number of nitrogens with one attached hydrogen (secondary N) is 1. The van der Waals surface area contributed by atoms with Crippen LogP contribution in [-0.2, 0) is 4.79 Å². The Labute approximate surface area is 136 Å². The van der Waals surface area contributed by atoms with Crippen LogP contribution in [0.5, 0.6) is 0 Å². The highest BCUT2D eigenvalue weighted by molar-refractivity contribution is 5.99. The first-order chi connectivity index (χ1) is 11.2. The minimum absolute atomic E-state index is 0.0639. The van der Waals surface area contributed by atoms with Crippen molar-refractivity contribution >= 4 is 22.9 Å². The monoisotopic (exact) mass is 310 g/mol. The Bertz CT molecular complexity index is 700. The van der Waals surface area contributed by atoms with Crippen molar-refractivity contribution < 1.29 is 4.79 Å². The third-order valence-corrected chi connectivity index (χ3v) is 4.18. The molecule has 3 rings (SSSR count). The highest BCUT2D eigenvalue weighted by atomic mass is 16.2. The standard InChI is InChI=1S/C18H22N4O/c1-21-9-11-22(12-10-21)14-18(23)20-19-13-16-7-4-6-15-5-2-3-8-17(15)16/h2-8,13H,9-12,14H2,1H3,(H,20,23)/b19-13+. The largest absolute Gasteiger partial charge is 0.304 e. The highest BCUT2D eigenvalue weighted by Gasteiger charge is 2.15. The number of carbonyl (C=O) groups is 1. The highest BCUT2D eigenvalue weighted by Crippen LogP contribution is 2.16. The van der Waals surface area contributed by atoms with Crippen molar-refractivity contribution in [1.82, 2.24) is 15.2 Å². The van der Waals surface area contributed by atoms with Gasteiger partial charge in [-0.25, -0.2) is 5.43 Å². The summed E-state index contributed by atoms with van der Waals surface area (Å²) in [4.78, 5) is 16.4. The SMILES string of the molecule is CN1CCN(CC(=O)N/N=C/c2cccc3ccccc23)CC1. The fraction of sp³-hybridized carbons (Fsp3) is 0.333. The van der Waals surface area contributed by atoms with E-state index in [1.807, 2.05) is 24.3 Å². The summed E-state index contributed by atoms with van der Waals surface area (Å²) in [5.41, 5.74) is 3.63. The van der Waals surface area contributed by atoms with Gasteiger partial charge in [-0.15, -0.1) is 0 Å². The molecular formula is C18H22N4O. The van der Waals surface area contributed by atoms with Crippen molar-refractivity contribution in [2.45, 2.75) is 0 Å². The molecule has 120 valence electrons. The molecule has 0 aliphatic carbocycles. The van der Waals surface area contributed by atoms with E-state index in [9.17, 15) is 4.79 Å². The van der Waals surface area contributed by atoms with Crippen LogP contribution < -0.4 is 5.43 Å². The summed E-state index contributed by atoms with van der Waals surface area (Å²) in [6, 6.07) is 14.2. The van der Waals surface area contributed by atoms with Crippen LogP contribution in [0.1, 0.15) is 5.56 Å². The van der Waals surface area contributed by atoms with Gasteiger partial charge in [0, 0.05) is 31.7 Å². The number of fused-ring (bicyclic) bond motifs is 1. The lowest BCUT2D eigenvalue weighted by molar-refractivity contribution is -0.122. The summed E-state index contributed by atoms with van der Waals surface area (Å²) < 4.78 is 0. The second-order valence-electron chi connectivity index (χ2n) is 5.94. The summed E-state index contributed by atoms with van der Waals surface area (Å²) in [5.74, 6) is -0.0639. The number of hydrogen-bond acceptors (Lipinski definition) is 4. The van der Waals surface area contributed by atoms with Gasteiger partial charge in [-0.3, -0.25) is 9.69 Å². The van der Waals surface area contributed by atoms with Crippen LogP contribution in [0.3, 0.4) is 0 Å². The van der Waals surface area contributed by atoms with E-state index >= 15 is 0 Å². The van der Waals surface area contributed by atoms with Gasteiger partial charge in [-0.05, 0) is 17.8 Å². The third-order valence-electron chi connectivity index (χ3n) is 4.18. The molecule has 23 heavy (non-hydrogen) atoms. The number of carbonyl (C=O) groups excluding carboxylic acids is 1. The molecule has 5 nitrogen and oxygen atoms in total. The van der Waals surface area contributed by atoms with E-state index < -0.39 is 0 Å². The first-order valence-electron chi connectivity index (χ1n) is 7.93. The molecule has 0 unspecified atom stereocenters. The summed E-state index contributed by atoms with van der Waals surface area (Å²) in [6.45, 7) is 4.27. The maximum atomic E-state index is 12.0. The van der Waals surface area contributed by atoms with E-state index in [-0.39, 0.29) is 5.91 Å². The molecule has 5 heteroatoms. The Morgan fingerprint density at radius 3 is 2.70 bits per heavy atom. The molecule has 1 amide bonds. The summed E-state index contributed by atoms with van der Waals surface area (Å²) in [6.07, 6.45) is 1.71. The van der Waals surface area contributed by atoms with E-state index in [4.69, 9.17) is 0 Å². The Morgan fingerprint density at radius 1 is 1.13 bits per heavy atom. The predicted molar refractivity (Wildman–Crippen MR) is 93.6 cm³/mol. The van der Waals surface area contributed by atoms with Crippen LogP contribution in [0.2, 0.25) is 0 Å². The summed E-state index contributed by atoms with van der Waals surface area (Å²) >= 11 is 0. The number of benzene rings is 2. The van der Waals surface area contributed by atoms with Crippen molar-refractivity contribution in [3.63, 3.8) is 0 Å². The molecule has 0 spiro atoms. The normalized spacial score (nSPS) is 16.9. The Hall–Kier alpha value is -2.24. The maximum absolute atomic E-state index is 12.0. The molecule has 0 bridgehead atoms. The molecule has 1 aliphatic heterocycles. The number of hydrazone groups is 1. The Morgan fingerprint density at radius 2 is 1.87 bits per heavy atom. The van der Waals surface area contributed by atoms with Gasteiger partial charge < -0.3 is 4.90 Å². The van der Waals surface area contributed by atoms with E-state index in [0.717, 1.165) is 37.1 Å². The minimum Gasteiger partial charge on any atom is -0.304 e. The zero-order chi connectivity index (χ0) is 16.1. The second kappa shape index (κ2) is 7.35. The third kappa shape index (κ3) is 4.15. The van der Waals surface area contributed by atoms with Crippen LogP contribution in [0, 0.1) is 0 Å². The zero-order valence-corrected chi connectivity index (χ0v) is 13.4. The maximum Gasteiger partial charge on any atom is 0.254 e. The number of likely N-dealkylation sites (N-methyl/N-ethyl adjacent to an activating group) is 1. The Kier molecular flexibility index (Phi) is 5.00. The van der Waals surface area contributed by atoms with E-state index in [1.165, 1.54) is 5.39 Å². The van der Waals surface area contributed by atoms with Crippen LogP contribution in [0.15, 0.2) is 47.6 Å². The van der Waals surface area contributed by atoms with Crippen LogP contribution in [0.4, 0.5) is 0 Å². The molecular weight excluding hydrogens is 288 g/mol. The van der Waals surface area contributed by atoms with Gasteiger partial charge in [0.1, 0.15) is 0 Å². The van der Waals surface area contributed by atoms with Gasteiger partial charge in [-0.1, -0.05) is 42.5 Å². The number of amides is 1. The molecule has 1 heterocycles. The molecule has 1 aliphatic rings. The van der Waals surface area contributed by atoms with Crippen LogP contribution in [-0.4, -0.2) is 61.7 Å². The molecule has 1 fully saturated rings. The molecule has 2 aromatic rings. The summed E-state index contributed by atoms with van der Waals surface area (Å²) in [7, 11) is 2.10. The lowest BCUT2D eigenvalue weighted by Gasteiger charge is -2.31. The molecule has 0 atom stereocenters. The number of rotatable bonds is 4. The van der Waals surface area contributed by atoms with Crippen molar-refractivity contribution in [2.75, 3.05) is 39.8 Å². The van der Waals surface area contributed by atoms with E-state index in [0.29, 0.717) is 6.54 Å². The topological polar surface area (TPSA) is 47.9 Å². The molecule has 1 saturated heterocycles. The fourth-order valence-corrected chi connectivity index (χ4v) is 2.78. The molecule has 0 aromatic heterocycles. The zero-order valence-electron chi connectivity index (χ0n) is 13.4. The van der Waals surface area contributed by atoms with Crippen LogP contribution >= 0.6 is 0 Å². The van der Waals surface area contributed by atoms with Gasteiger partial charge in [0.15, 0.2) is 0 Å². The van der Waals surface area contributed by atoms with Gasteiger partial charge in [0.05, 0.1) is 12.8 Å². The predicted octanol–water partition coefficient (Wildman–Crippen LogP) is 1.54. The first-order valence-corrected chi connectivity index (χ1v) is 7.93. The van der Waals surface area contributed by atoms with Gasteiger partial charge in [-0.2, -0.15) is 5.10 Å². The number of nitrogens with zero attached hydrogens (tertiary/aromatic N) is 3. The van der Waals surface area contributed by atoms with E-state index in [2.05, 4.69) is 45.6 Å². The lowest BCUT2D eigenvalue weighted by Crippen LogP contribution is -2.47. The number of hydrogen-bond donors (Lipinski definition) is 1. The van der Waals surface area contributed by atoms with Gasteiger partial charge in [0.2, 0.25) is 0 Å².